The van der Waals surface area contributed by atoms with Crippen LogP contribution in [-0.2, 0) is 11.3 Å². The van der Waals surface area contributed by atoms with Crippen LogP contribution in [0.25, 0.3) is 0 Å². The predicted octanol–water partition coefficient (Wildman–Crippen LogP) is 2.79. The highest BCUT2D eigenvalue weighted by atomic mass is 16.2. The summed E-state index contributed by atoms with van der Waals surface area (Å²) in [4.78, 5) is 14.3. The summed E-state index contributed by atoms with van der Waals surface area (Å²) >= 11 is 0. The molecule has 1 unspecified atom stereocenters. The van der Waals surface area contributed by atoms with E-state index in [9.17, 15) is 4.79 Å². The predicted molar refractivity (Wildman–Crippen MR) is 88.9 cm³/mol. The van der Waals surface area contributed by atoms with Crippen molar-refractivity contribution in [3.8, 4) is 0 Å². The highest BCUT2D eigenvalue weighted by Gasteiger charge is 2.20. The smallest absolute Gasteiger partial charge is 0.237 e. The van der Waals surface area contributed by atoms with Gasteiger partial charge in [-0.05, 0) is 31.5 Å². The number of hydrogen-bond acceptors (Lipinski definition) is 3. The fourth-order valence-electron chi connectivity index (χ4n) is 2.32. The van der Waals surface area contributed by atoms with Gasteiger partial charge in [0.1, 0.15) is 0 Å². The van der Waals surface area contributed by atoms with Crippen LogP contribution in [-0.4, -0.2) is 29.9 Å². The molecule has 0 aromatic heterocycles. The number of likely N-dealkylation sites (N-methyl/N-ethyl adjacent to an activating group) is 1. The number of carbonyl (C=O) groups is 1. The Labute approximate surface area is 128 Å². The third kappa shape index (κ3) is 5.76. The monoisotopic (exact) mass is 291 g/mol. The zero-order chi connectivity index (χ0) is 15.7. The van der Waals surface area contributed by atoms with Gasteiger partial charge >= 0.3 is 0 Å². The van der Waals surface area contributed by atoms with Crippen molar-refractivity contribution in [3.05, 3.63) is 29.8 Å². The van der Waals surface area contributed by atoms with E-state index in [1.165, 1.54) is 6.42 Å². The SMILES string of the molecule is CCCCCNC(=O)C(C)N(CC)Cc1ccccc1N. The first-order chi connectivity index (χ1) is 10.1. The quantitative estimate of drug-likeness (QED) is 0.543. The van der Waals surface area contributed by atoms with Gasteiger partial charge in [0.15, 0.2) is 0 Å². The second-order valence-electron chi connectivity index (χ2n) is 5.44. The summed E-state index contributed by atoms with van der Waals surface area (Å²) in [5.74, 6) is 0.0995. The number of rotatable bonds is 9. The highest BCUT2D eigenvalue weighted by Crippen LogP contribution is 2.15. The third-order valence-electron chi connectivity index (χ3n) is 3.84. The van der Waals surface area contributed by atoms with Crippen molar-refractivity contribution in [2.75, 3.05) is 18.8 Å². The maximum absolute atomic E-state index is 12.2. The normalized spacial score (nSPS) is 12.4. The van der Waals surface area contributed by atoms with Gasteiger partial charge in [0.25, 0.3) is 0 Å². The molecule has 0 aliphatic carbocycles. The van der Waals surface area contributed by atoms with Crippen molar-refractivity contribution in [1.29, 1.82) is 0 Å². The van der Waals surface area contributed by atoms with Crippen molar-refractivity contribution in [3.63, 3.8) is 0 Å². The number of unbranched alkanes of at least 4 members (excludes halogenated alkanes) is 2. The van der Waals surface area contributed by atoms with E-state index in [1.807, 2.05) is 31.2 Å². The van der Waals surface area contributed by atoms with Crippen LogP contribution in [0.5, 0.6) is 0 Å². The fraction of sp³-hybridized carbons (Fsp3) is 0.588. The second kappa shape index (κ2) is 9.40. The van der Waals surface area contributed by atoms with Crippen molar-refractivity contribution < 1.29 is 4.79 Å². The first-order valence-electron chi connectivity index (χ1n) is 7.95. The number of hydrogen-bond donors (Lipinski definition) is 2. The Morgan fingerprint density at radius 1 is 1.29 bits per heavy atom. The third-order valence-corrected chi connectivity index (χ3v) is 3.84. The van der Waals surface area contributed by atoms with E-state index in [-0.39, 0.29) is 11.9 Å². The van der Waals surface area contributed by atoms with E-state index >= 15 is 0 Å². The molecular weight excluding hydrogens is 262 g/mol. The lowest BCUT2D eigenvalue weighted by molar-refractivity contribution is -0.126. The Morgan fingerprint density at radius 2 is 2.00 bits per heavy atom. The molecule has 0 fully saturated rings. The van der Waals surface area contributed by atoms with Crippen LogP contribution in [0.1, 0.15) is 45.6 Å². The molecule has 0 heterocycles. The van der Waals surface area contributed by atoms with Gasteiger partial charge in [-0.2, -0.15) is 0 Å². The van der Waals surface area contributed by atoms with E-state index in [0.717, 1.165) is 37.2 Å². The van der Waals surface area contributed by atoms with Crippen molar-refractivity contribution >= 4 is 11.6 Å². The first kappa shape index (κ1) is 17.5. The summed E-state index contributed by atoms with van der Waals surface area (Å²) in [6, 6.07) is 7.69. The number of carbonyl (C=O) groups excluding carboxylic acids is 1. The number of nitrogen functional groups attached to an aromatic ring is 1. The van der Waals surface area contributed by atoms with Gasteiger partial charge in [-0.3, -0.25) is 9.69 Å². The Hall–Kier alpha value is -1.55. The molecule has 4 heteroatoms. The maximum atomic E-state index is 12.2. The molecule has 1 atom stereocenters. The van der Waals surface area contributed by atoms with E-state index in [0.29, 0.717) is 6.54 Å². The van der Waals surface area contributed by atoms with Gasteiger partial charge in [0.05, 0.1) is 6.04 Å². The molecule has 0 bridgehead atoms. The number of benzene rings is 1. The van der Waals surface area contributed by atoms with Crippen molar-refractivity contribution in [2.24, 2.45) is 0 Å². The van der Waals surface area contributed by atoms with Crippen LogP contribution in [0.3, 0.4) is 0 Å². The minimum absolute atomic E-state index is 0.0995. The first-order valence-corrected chi connectivity index (χ1v) is 7.95. The van der Waals surface area contributed by atoms with Gasteiger partial charge in [-0.25, -0.2) is 0 Å². The Bertz CT molecular complexity index is 434. The number of nitrogens with one attached hydrogen (secondary N) is 1. The molecule has 118 valence electrons. The van der Waals surface area contributed by atoms with E-state index < -0.39 is 0 Å². The van der Waals surface area contributed by atoms with E-state index in [4.69, 9.17) is 5.73 Å². The van der Waals surface area contributed by atoms with Crippen LogP contribution in [0.4, 0.5) is 5.69 Å². The summed E-state index contributed by atoms with van der Waals surface area (Å²) in [7, 11) is 0. The zero-order valence-corrected chi connectivity index (χ0v) is 13.6. The molecule has 3 N–H and O–H groups in total. The minimum Gasteiger partial charge on any atom is -0.398 e. The molecule has 4 nitrogen and oxygen atoms in total. The lowest BCUT2D eigenvalue weighted by Gasteiger charge is -2.27. The molecule has 0 aliphatic heterocycles. The van der Waals surface area contributed by atoms with Gasteiger partial charge in [-0.15, -0.1) is 0 Å². The average Bonchev–Trinajstić information content (AvgIpc) is 2.50. The Balaban J connectivity index is 2.54. The average molecular weight is 291 g/mol. The second-order valence-corrected chi connectivity index (χ2v) is 5.44. The molecule has 0 saturated heterocycles. The van der Waals surface area contributed by atoms with Gasteiger partial charge < -0.3 is 11.1 Å². The number of para-hydroxylation sites is 1. The number of nitrogens with zero attached hydrogens (tertiary/aromatic N) is 1. The lowest BCUT2D eigenvalue weighted by Crippen LogP contribution is -2.45. The molecule has 1 amide bonds. The van der Waals surface area contributed by atoms with Gasteiger partial charge in [-0.1, -0.05) is 44.9 Å². The van der Waals surface area contributed by atoms with Crippen molar-refractivity contribution in [2.45, 2.75) is 52.6 Å². The fourth-order valence-corrected chi connectivity index (χ4v) is 2.32. The van der Waals surface area contributed by atoms with Gasteiger partial charge in [0, 0.05) is 18.8 Å². The molecule has 1 aromatic carbocycles. The number of amides is 1. The molecule has 1 aromatic rings. The molecule has 21 heavy (non-hydrogen) atoms. The molecule has 0 aliphatic rings. The Morgan fingerprint density at radius 3 is 2.62 bits per heavy atom. The summed E-state index contributed by atoms with van der Waals surface area (Å²) in [6.45, 7) is 8.47. The van der Waals surface area contributed by atoms with Crippen LogP contribution >= 0.6 is 0 Å². The molecule has 0 radical (unpaired) electrons. The van der Waals surface area contributed by atoms with Crippen LogP contribution in [0.2, 0.25) is 0 Å². The van der Waals surface area contributed by atoms with Gasteiger partial charge in [0.2, 0.25) is 5.91 Å². The summed E-state index contributed by atoms with van der Waals surface area (Å²) in [5, 5.41) is 3.02. The van der Waals surface area contributed by atoms with Crippen LogP contribution < -0.4 is 11.1 Å². The van der Waals surface area contributed by atoms with E-state index in [1.54, 1.807) is 0 Å². The molecule has 0 saturated carbocycles. The summed E-state index contributed by atoms with van der Waals surface area (Å²) in [6.07, 6.45) is 3.37. The van der Waals surface area contributed by atoms with Crippen LogP contribution in [0, 0.1) is 0 Å². The van der Waals surface area contributed by atoms with Crippen molar-refractivity contribution in [1.82, 2.24) is 10.2 Å². The summed E-state index contributed by atoms with van der Waals surface area (Å²) in [5.41, 5.74) is 7.84. The van der Waals surface area contributed by atoms with Crippen LogP contribution in [0.15, 0.2) is 24.3 Å². The Kier molecular flexibility index (Phi) is 7.83. The highest BCUT2D eigenvalue weighted by molar-refractivity contribution is 5.81. The largest absolute Gasteiger partial charge is 0.398 e. The standard InChI is InChI=1S/C17H29N3O/c1-4-6-9-12-19-17(21)14(3)20(5-2)13-15-10-7-8-11-16(15)18/h7-8,10-11,14H,4-6,9,12-13,18H2,1-3H3,(H,19,21). The topological polar surface area (TPSA) is 58.4 Å². The summed E-state index contributed by atoms with van der Waals surface area (Å²) < 4.78 is 0. The number of anilines is 1. The number of nitrogens with two attached hydrogens (primary N) is 1. The van der Waals surface area contributed by atoms with E-state index in [2.05, 4.69) is 24.1 Å². The molecular formula is C17H29N3O. The molecule has 0 spiro atoms. The minimum atomic E-state index is -0.142. The lowest BCUT2D eigenvalue weighted by atomic mass is 10.1. The molecule has 1 rings (SSSR count). The zero-order valence-electron chi connectivity index (χ0n) is 13.6. The maximum Gasteiger partial charge on any atom is 0.237 e.